The quantitative estimate of drug-likeness (QED) is 0.562. The molecule has 0 aliphatic carbocycles. The van der Waals surface area contributed by atoms with Crippen LogP contribution in [0.4, 0.5) is 0 Å². The van der Waals surface area contributed by atoms with Crippen molar-refractivity contribution in [2.24, 2.45) is 0 Å². The molecule has 0 fully saturated rings. The highest BCUT2D eigenvalue weighted by Crippen LogP contribution is 2.21. The summed E-state index contributed by atoms with van der Waals surface area (Å²) in [4.78, 5) is 2.82. The Balaban J connectivity index is 1.68. The van der Waals surface area contributed by atoms with E-state index < -0.39 is 0 Å². The maximum Gasteiger partial charge on any atom is 0.0587 e. The zero-order chi connectivity index (χ0) is 14.0. The number of nitrogens with one attached hydrogen (secondary N) is 1. The van der Waals surface area contributed by atoms with E-state index in [9.17, 15) is 0 Å². The van der Waals surface area contributed by atoms with Crippen LogP contribution in [0.1, 0.15) is 10.4 Å². The summed E-state index contributed by atoms with van der Waals surface area (Å²) in [5.41, 5.74) is 1.32. The average Bonchev–Trinajstić information content (AvgIpc) is 2.98. The van der Waals surface area contributed by atoms with Gasteiger partial charge in [0.25, 0.3) is 0 Å². The fraction of sp³-hybridized carbons (Fsp3) is 0.375. The van der Waals surface area contributed by atoms with Gasteiger partial charge in [-0.15, -0.1) is 23.1 Å². The van der Waals surface area contributed by atoms with E-state index in [1.54, 1.807) is 7.11 Å². The Hall–Kier alpha value is -0.810. The summed E-state index contributed by atoms with van der Waals surface area (Å²) >= 11 is 3.77. The summed E-state index contributed by atoms with van der Waals surface area (Å²) in [5, 5.41) is 5.50. The van der Waals surface area contributed by atoms with E-state index in [1.807, 2.05) is 23.1 Å². The predicted octanol–water partition coefficient (Wildman–Crippen LogP) is 3.82. The largest absolute Gasteiger partial charge is 0.383 e. The van der Waals surface area contributed by atoms with Gasteiger partial charge in [-0.1, -0.05) is 18.2 Å². The van der Waals surface area contributed by atoms with Gasteiger partial charge >= 0.3 is 0 Å². The number of thiophene rings is 1. The molecule has 0 bridgehead atoms. The molecule has 0 aliphatic heterocycles. The Kier molecular flexibility index (Phi) is 7.15. The van der Waals surface area contributed by atoms with Crippen molar-refractivity contribution in [1.82, 2.24) is 5.32 Å². The van der Waals surface area contributed by atoms with Crippen LogP contribution in [0.15, 0.2) is 46.7 Å². The molecule has 1 aromatic carbocycles. The second-order valence-corrected chi connectivity index (χ2v) is 6.69. The summed E-state index contributed by atoms with van der Waals surface area (Å²) < 4.78 is 5.01. The van der Waals surface area contributed by atoms with Crippen molar-refractivity contribution in [1.29, 1.82) is 0 Å². The van der Waals surface area contributed by atoms with Gasteiger partial charge in [-0.3, -0.25) is 0 Å². The number of aryl methyl sites for hydroxylation is 1. The lowest BCUT2D eigenvalue weighted by Crippen LogP contribution is -2.18. The fourth-order valence-corrected chi connectivity index (χ4v) is 3.56. The SMILES string of the molecule is COCCNCc1ccc(SCCc2cccs2)cc1. The molecule has 2 aromatic rings. The molecule has 20 heavy (non-hydrogen) atoms. The maximum atomic E-state index is 5.01. The topological polar surface area (TPSA) is 21.3 Å². The van der Waals surface area contributed by atoms with E-state index in [2.05, 4.69) is 47.1 Å². The molecule has 0 amide bonds. The minimum Gasteiger partial charge on any atom is -0.383 e. The van der Waals surface area contributed by atoms with Crippen LogP contribution in [0.25, 0.3) is 0 Å². The zero-order valence-electron chi connectivity index (χ0n) is 11.8. The highest BCUT2D eigenvalue weighted by molar-refractivity contribution is 7.99. The number of hydrogen-bond donors (Lipinski definition) is 1. The first-order valence-corrected chi connectivity index (χ1v) is 8.69. The van der Waals surface area contributed by atoms with E-state index in [0.717, 1.165) is 31.9 Å². The molecule has 108 valence electrons. The lowest BCUT2D eigenvalue weighted by molar-refractivity contribution is 0.199. The summed E-state index contributed by atoms with van der Waals surface area (Å²) in [7, 11) is 1.73. The van der Waals surface area contributed by atoms with Crippen molar-refractivity contribution >= 4 is 23.1 Å². The molecule has 0 saturated heterocycles. The van der Waals surface area contributed by atoms with Crippen molar-refractivity contribution in [2.45, 2.75) is 17.9 Å². The molecule has 1 heterocycles. The van der Waals surface area contributed by atoms with Crippen molar-refractivity contribution in [3.05, 3.63) is 52.2 Å². The Labute approximate surface area is 129 Å². The van der Waals surface area contributed by atoms with Gasteiger partial charge in [0.1, 0.15) is 0 Å². The summed E-state index contributed by atoms with van der Waals surface area (Å²) in [6, 6.07) is 13.2. The number of benzene rings is 1. The molecule has 0 spiro atoms. The molecule has 2 rings (SSSR count). The second-order valence-electron chi connectivity index (χ2n) is 4.49. The van der Waals surface area contributed by atoms with Crippen molar-refractivity contribution < 1.29 is 4.74 Å². The van der Waals surface area contributed by atoms with Crippen LogP contribution in [0.2, 0.25) is 0 Å². The van der Waals surface area contributed by atoms with Crippen LogP contribution in [0, 0.1) is 0 Å². The maximum absolute atomic E-state index is 5.01. The molecular formula is C16H21NOS2. The van der Waals surface area contributed by atoms with Crippen molar-refractivity contribution in [3.63, 3.8) is 0 Å². The molecule has 2 nitrogen and oxygen atoms in total. The van der Waals surface area contributed by atoms with Gasteiger partial charge in [0.05, 0.1) is 6.61 Å². The van der Waals surface area contributed by atoms with Crippen LogP contribution in [-0.2, 0) is 17.7 Å². The van der Waals surface area contributed by atoms with Gasteiger partial charge in [0.2, 0.25) is 0 Å². The number of thioether (sulfide) groups is 1. The Morgan fingerprint density at radius 1 is 1.20 bits per heavy atom. The summed E-state index contributed by atoms with van der Waals surface area (Å²) in [6.07, 6.45) is 1.16. The Morgan fingerprint density at radius 2 is 2.05 bits per heavy atom. The van der Waals surface area contributed by atoms with Crippen molar-refractivity contribution in [3.8, 4) is 0 Å². The smallest absolute Gasteiger partial charge is 0.0587 e. The molecule has 1 aromatic heterocycles. The molecule has 1 N–H and O–H groups in total. The normalized spacial score (nSPS) is 10.8. The Bertz CT molecular complexity index is 468. The van der Waals surface area contributed by atoms with Gasteiger partial charge in [0.15, 0.2) is 0 Å². The number of ether oxygens (including phenoxy) is 1. The lowest BCUT2D eigenvalue weighted by atomic mass is 10.2. The number of methoxy groups -OCH3 is 1. The minimum atomic E-state index is 0.761. The van der Waals surface area contributed by atoms with Crippen molar-refractivity contribution in [2.75, 3.05) is 26.0 Å². The molecule has 0 saturated carbocycles. The molecular weight excluding hydrogens is 286 g/mol. The third kappa shape index (κ3) is 5.67. The third-order valence-corrected chi connectivity index (χ3v) is 4.88. The molecule has 0 radical (unpaired) electrons. The first-order valence-electron chi connectivity index (χ1n) is 6.82. The number of rotatable bonds is 9. The zero-order valence-corrected chi connectivity index (χ0v) is 13.4. The first-order chi connectivity index (χ1) is 9.88. The van der Waals surface area contributed by atoms with Crippen LogP contribution in [0.5, 0.6) is 0 Å². The van der Waals surface area contributed by atoms with Gasteiger partial charge < -0.3 is 10.1 Å². The van der Waals surface area contributed by atoms with Gasteiger partial charge in [-0.2, -0.15) is 0 Å². The third-order valence-electron chi connectivity index (χ3n) is 2.93. The standard InChI is InChI=1S/C16H21NOS2/c1-18-10-9-17-13-14-4-6-16(7-5-14)20-12-8-15-3-2-11-19-15/h2-7,11,17H,8-10,12-13H2,1H3. The lowest BCUT2D eigenvalue weighted by Gasteiger charge is -2.06. The number of hydrogen-bond acceptors (Lipinski definition) is 4. The van der Waals surface area contributed by atoms with Gasteiger partial charge in [0, 0.05) is 35.7 Å². The molecule has 0 unspecified atom stereocenters. The molecule has 0 atom stereocenters. The van der Waals surface area contributed by atoms with E-state index in [1.165, 1.54) is 15.3 Å². The monoisotopic (exact) mass is 307 g/mol. The summed E-state index contributed by atoms with van der Waals surface area (Å²) in [5.74, 6) is 1.14. The second kappa shape index (κ2) is 9.19. The van der Waals surface area contributed by atoms with Crippen LogP contribution >= 0.6 is 23.1 Å². The van der Waals surface area contributed by atoms with Crippen LogP contribution in [0.3, 0.4) is 0 Å². The fourth-order valence-electron chi connectivity index (χ4n) is 1.83. The van der Waals surface area contributed by atoms with Crippen LogP contribution < -0.4 is 5.32 Å². The van der Waals surface area contributed by atoms with Crippen LogP contribution in [-0.4, -0.2) is 26.0 Å². The average molecular weight is 307 g/mol. The van der Waals surface area contributed by atoms with E-state index in [0.29, 0.717) is 0 Å². The summed E-state index contributed by atoms with van der Waals surface area (Å²) in [6.45, 7) is 2.56. The van der Waals surface area contributed by atoms with Gasteiger partial charge in [-0.05, 0) is 35.6 Å². The first kappa shape index (κ1) is 15.6. The minimum absolute atomic E-state index is 0.761. The van der Waals surface area contributed by atoms with E-state index in [4.69, 9.17) is 4.74 Å². The molecule has 4 heteroatoms. The highest BCUT2D eigenvalue weighted by atomic mass is 32.2. The Morgan fingerprint density at radius 3 is 2.75 bits per heavy atom. The van der Waals surface area contributed by atoms with E-state index >= 15 is 0 Å². The highest BCUT2D eigenvalue weighted by Gasteiger charge is 1.98. The predicted molar refractivity (Wildman–Crippen MR) is 88.8 cm³/mol. The van der Waals surface area contributed by atoms with E-state index in [-0.39, 0.29) is 0 Å². The van der Waals surface area contributed by atoms with Gasteiger partial charge in [-0.25, -0.2) is 0 Å². The molecule has 0 aliphatic rings.